The zero-order valence-electron chi connectivity index (χ0n) is 17.6. The summed E-state index contributed by atoms with van der Waals surface area (Å²) >= 11 is 0. The van der Waals surface area contributed by atoms with Crippen molar-refractivity contribution in [2.75, 3.05) is 59.4 Å². The topological polar surface area (TPSA) is 52.1 Å². The Balaban J connectivity index is 1.80. The smallest absolute Gasteiger partial charge is 0.191 e. The SMILES string of the molecule is CCNC(=NCC(CC)Oc1cccc(F)c1)NCCN1CCCN(C)CC1. The van der Waals surface area contributed by atoms with Gasteiger partial charge in [-0.25, -0.2) is 9.38 Å². The second kappa shape index (κ2) is 12.6. The quantitative estimate of drug-likeness (QED) is 0.498. The third kappa shape index (κ3) is 8.44. The lowest BCUT2D eigenvalue weighted by Crippen LogP contribution is -2.42. The maximum absolute atomic E-state index is 13.3. The number of likely N-dealkylation sites (N-methyl/N-ethyl adjacent to an activating group) is 1. The van der Waals surface area contributed by atoms with E-state index < -0.39 is 0 Å². The van der Waals surface area contributed by atoms with Gasteiger partial charge in [0.05, 0.1) is 6.54 Å². The molecule has 1 aromatic rings. The number of hydrogen-bond donors (Lipinski definition) is 2. The van der Waals surface area contributed by atoms with E-state index in [4.69, 9.17) is 4.74 Å². The fraction of sp³-hybridized carbons (Fsp3) is 0.667. The molecule has 6 nitrogen and oxygen atoms in total. The highest BCUT2D eigenvalue weighted by atomic mass is 19.1. The number of aliphatic imine (C=N–C) groups is 1. The Morgan fingerprint density at radius 3 is 2.82 bits per heavy atom. The van der Waals surface area contributed by atoms with Gasteiger partial charge in [-0.3, -0.25) is 0 Å². The summed E-state index contributed by atoms with van der Waals surface area (Å²) in [5.74, 6) is 1.06. The van der Waals surface area contributed by atoms with E-state index >= 15 is 0 Å². The Kier molecular flexibility index (Phi) is 10.1. The third-order valence-corrected chi connectivity index (χ3v) is 4.88. The predicted molar refractivity (Wildman–Crippen MR) is 114 cm³/mol. The standard InChI is InChI=1S/C21H36FN5O/c1-4-19(28-20-9-6-8-18(22)16-20)17-25-21(23-5-2)24-10-13-27-12-7-11-26(3)14-15-27/h6,8-9,16,19H,4-5,7,10-15,17H2,1-3H3,(H2,23,24,25). The first-order valence-electron chi connectivity index (χ1n) is 10.5. The van der Waals surface area contributed by atoms with Crippen molar-refractivity contribution in [2.24, 2.45) is 4.99 Å². The van der Waals surface area contributed by atoms with Crippen LogP contribution in [0.15, 0.2) is 29.3 Å². The summed E-state index contributed by atoms with van der Waals surface area (Å²) in [5, 5.41) is 6.71. The Hall–Kier alpha value is -1.86. The molecule has 28 heavy (non-hydrogen) atoms. The molecule has 7 heteroatoms. The largest absolute Gasteiger partial charge is 0.488 e. The maximum atomic E-state index is 13.3. The summed E-state index contributed by atoms with van der Waals surface area (Å²) in [6.07, 6.45) is 1.94. The van der Waals surface area contributed by atoms with Gasteiger partial charge in [-0.1, -0.05) is 13.0 Å². The molecule has 1 atom stereocenters. The highest BCUT2D eigenvalue weighted by molar-refractivity contribution is 5.79. The van der Waals surface area contributed by atoms with Crippen molar-refractivity contribution < 1.29 is 9.13 Å². The summed E-state index contributed by atoms with van der Waals surface area (Å²) in [5.41, 5.74) is 0. The fourth-order valence-electron chi connectivity index (χ4n) is 3.17. The summed E-state index contributed by atoms with van der Waals surface area (Å²) in [7, 11) is 2.19. The van der Waals surface area contributed by atoms with Gasteiger partial charge in [-0.05, 0) is 52.0 Å². The van der Waals surface area contributed by atoms with E-state index in [-0.39, 0.29) is 11.9 Å². The molecule has 0 spiro atoms. The average Bonchev–Trinajstić information content (AvgIpc) is 2.89. The molecule has 1 heterocycles. The number of nitrogens with zero attached hydrogens (tertiary/aromatic N) is 3. The summed E-state index contributed by atoms with van der Waals surface area (Å²) < 4.78 is 19.2. The van der Waals surface area contributed by atoms with Gasteiger partial charge in [0.15, 0.2) is 5.96 Å². The fourth-order valence-corrected chi connectivity index (χ4v) is 3.17. The predicted octanol–water partition coefficient (Wildman–Crippen LogP) is 2.18. The monoisotopic (exact) mass is 393 g/mol. The van der Waals surface area contributed by atoms with Crippen molar-refractivity contribution in [1.82, 2.24) is 20.4 Å². The minimum Gasteiger partial charge on any atom is -0.488 e. The lowest BCUT2D eigenvalue weighted by molar-refractivity contribution is 0.205. The van der Waals surface area contributed by atoms with Crippen LogP contribution in [-0.4, -0.2) is 81.3 Å². The normalized spacial score (nSPS) is 17.8. The van der Waals surface area contributed by atoms with E-state index in [1.165, 1.54) is 25.1 Å². The average molecular weight is 394 g/mol. The number of hydrogen-bond acceptors (Lipinski definition) is 4. The van der Waals surface area contributed by atoms with E-state index in [1.807, 2.05) is 0 Å². The number of rotatable bonds is 9. The molecule has 158 valence electrons. The minimum atomic E-state index is -0.287. The molecule has 0 saturated carbocycles. The summed E-state index contributed by atoms with van der Waals surface area (Å²) in [4.78, 5) is 9.56. The van der Waals surface area contributed by atoms with Crippen molar-refractivity contribution >= 4 is 5.96 Å². The molecule has 1 aromatic carbocycles. The van der Waals surface area contributed by atoms with Gasteiger partial charge in [-0.15, -0.1) is 0 Å². The van der Waals surface area contributed by atoms with Crippen LogP contribution in [0.5, 0.6) is 5.75 Å². The number of halogens is 1. The Morgan fingerprint density at radius 2 is 2.07 bits per heavy atom. The second-order valence-electron chi connectivity index (χ2n) is 7.25. The molecule has 1 unspecified atom stereocenters. The van der Waals surface area contributed by atoms with E-state index in [9.17, 15) is 4.39 Å². The number of ether oxygens (including phenoxy) is 1. The number of nitrogens with one attached hydrogen (secondary N) is 2. The van der Waals surface area contributed by atoms with Crippen LogP contribution in [-0.2, 0) is 0 Å². The molecular formula is C21H36FN5O. The Labute approximate surface area is 169 Å². The Bertz CT molecular complexity index is 598. The first-order valence-corrected chi connectivity index (χ1v) is 10.5. The first kappa shape index (κ1) is 22.4. The third-order valence-electron chi connectivity index (χ3n) is 4.88. The summed E-state index contributed by atoms with van der Waals surface area (Å²) in [6, 6.07) is 6.26. The van der Waals surface area contributed by atoms with Crippen molar-refractivity contribution in [3.05, 3.63) is 30.1 Å². The molecule has 2 N–H and O–H groups in total. The highest BCUT2D eigenvalue weighted by Gasteiger charge is 2.12. The minimum absolute atomic E-state index is 0.0848. The molecule has 1 saturated heterocycles. The molecule has 0 radical (unpaired) electrons. The van der Waals surface area contributed by atoms with Crippen molar-refractivity contribution in [2.45, 2.75) is 32.8 Å². The zero-order chi connectivity index (χ0) is 20.2. The van der Waals surface area contributed by atoms with Crippen LogP contribution < -0.4 is 15.4 Å². The summed E-state index contributed by atoms with van der Waals surface area (Å²) in [6.45, 7) is 11.9. The molecule has 0 aromatic heterocycles. The van der Waals surface area contributed by atoms with Crippen LogP contribution in [0.1, 0.15) is 26.7 Å². The van der Waals surface area contributed by atoms with Gasteiger partial charge in [0, 0.05) is 38.8 Å². The van der Waals surface area contributed by atoms with Crippen LogP contribution in [0.3, 0.4) is 0 Å². The zero-order valence-corrected chi connectivity index (χ0v) is 17.6. The van der Waals surface area contributed by atoms with Crippen LogP contribution in [0.25, 0.3) is 0 Å². The van der Waals surface area contributed by atoms with Crippen molar-refractivity contribution in [3.8, 4) is 5.75 Å². The second-order valence-corrected chi connectivity index (χ2v) is 7.25. The van der Waals surface area contributed by atoms with Gasteiger partial charge in [0.25, 0.3) is 0 Å². The molecule has 1 fully saturated rings. The van der Waals surface area contributed by atoms with Crippen LogP contribution in [0.4, 0.5) is 4.39 Å². The molecule has 0 bridgehead atoms. The molecule has 1 aliphatic rings. The highest BCUT2D eigenvalue weighted by Crippen LogP contribution is 2.15. The first-order chi connectivity index (χ1) is 13.6. The van der Waals surface area contributed by atoms with E-state index in [1.54, 1.807) is 12.1 Å². The van der Waals surface area contributed by atoms with Gasteiger partial charge in [0.2, 0.25) is 0 Å². The van der Waals surface area contributed by atoms with Crippen molar-refractivity contribution in [3.63, 3.8) is 0 Å². The van der Waals surface area contributed by atoms with Crippen LogP contribution in [0, 0.1) is 5.82 Å². The maximum Gasteiger partial charge on any atom is 0.191 e. The van der Waals surface area contributed by atoms with Crippen LogP contribution >= 0.6 is 0 Å². The Morgan fingerprint density at radius 1 is 1.21 bits per heavy atom. The van der Waals surface area contributed by atoms with Gasteiger partial charge >= 0.3 is 0 Å². The van der Waals surface area contributed by atoms with Crippen LogP contribution in [0.2, 0.25) is 0 Å². The molecule has 0 amide bonds. The lowest BCUT2D eigenvalue weighted by Gasteiger charge is -2.21. The van der Waals surface area contributed by atoms with E-state index in [0.29, 0.717) is 12.3 Å². The number of guanidine groups is 1. The van der Waals surface area contributed by atoms with Gasteiger partial charge < -0.3 is 25.2 Å². The molecule has 2 rings (SSSR count). The van der Waals surface area contributed by atoms with Crippen molar-refractivity contribution in [1.29, 1.82) is 0 Å². The molecule has 0 aliphatic carbocycles. The number of benzene rings is 1. The molecule has 1 aliphatic heterocycles. The van der Waals surface area contributed by atoms with E-state index in [0.717, 1.165) is 51.6 Å². The van der Waals surface area contributed by atoms with Gasteiger partial charge in [-0.2, -0.15) is 0 Å². The molecular weight excluding hydrogens is 357 g/mol. The van der Waals surface area contributed by atoms with E-state index in [2.05, 4.69) is 46.3 Å². The van der Waals surface area contributed by atoms with Gasteiger partial charge in [0.1, 0.15) is 17.7 Å². The lowest BCUT2D eigenvalue weighted by atomic mass is 10.2.